The molecule has 0 atom stereocenters. The molecule has 3 rings (SSSR count). The number of urea groups is 1. The highest BCUT2D eigenvalue weighted by Gasteiger charge is 2.59. The lowest BCUT2D eigenvalue weighted by atomic mass is 9.72. The lowest BCUT2D eigenvalue weighted by Gasteiger charge is -2.42. The van der Waals surface area contributed by atoms with Crippen LogP contribution in [0, 0.1) is 0 Å². The maximum atomic E-state index is 12.7. The molecule has 0 unspecified atom stereocenters. The monoisotopic (exact) mass is 345 g/mol. The Morgan fingerprint density at radius 1 is 1.28 bits per heavy atom. The maximum Gasteiger partial charge on any atom is 0.407 e. The van der Waals surface area contributed by atoms with Gasteiger partial charge in [-0.2, -0.15) is 0 Å². The maximum absolute atomic E-state index is 12.7. The smallest absolute Gasteiger partial charge is 0.407 e. The van der Waals surface area contributed by atoms with Crippen LogP contribution in [0.1, 0.15) is 39.2 Å². The number of nitrogens with one attached hydrogen (secondary N) is 2. The molecule has 1 saturated heterocycles. The molecule has 2 N–H and O–H groups in total. The summed E-state index contributed by atoms with van der Waals surface area (Å²) in [5.41, 5.74) is -0.577. The van der Waals surface area contributed by atoms with Crippen molar-refractivity contribution in [2.45, 2.75) is 57.3 Å². The Bertz CT molecular complexity index is 690. The predicted molar refractivity (Wildman–Crippen MR) is 90.6 cm³/mol. The number of alkyl carbamates (subject to hydrolysis) is 1. The number of carbonyl (C=O) groups excluding carboxylic acids is 3. The predicted octanol–water partition coefficient (Wildman–Crippen LogP) is 2.16. The standard InChI is InChI=1S/C18H23N3O4/c1-17(2,3)25-16(24)19-13-9-18(10-13)14(22)21(15(23)20-18)11-12-7-5-4-6-8-12/h4-8,13H,9-11H2,1-3H3,(H,19,24)(H,20,23). The minimum Gasteiger partial charge on any atom is -0.444 e. The van der Waals surface area contributed by atoms with Gasteiger partial charge in [0.2, 0.25) is 0 Å². The van der Waals surface area contributed by atoms with Crippen molar-refractivity contribution < 1.29 is 19.1 Å². The van der Waals surface area contributed by atoms with Gasteiger partial charge in [0.05, 0.1) is 6.54 Å². The van der Waals surface area contributed by atoms with Crippen molar-refractivity contribution in [2.75, 3.05) is 0 Å². The first-order chi connectivity index (χ1) is 11.7. The average Bonchev–Trinajstić information content (AvgIpc) is 2.71. The summed E-state index contributed by atoms with van der Waals surface area (Å²) in [5.74, 6) is -0.233. The lowest BCUT2D eigenvalue weighted by molar-refractivity contribution is -0.135. The second-order valence-corrected chi connectivity index (χ2v) is 7.64. The van der Waals surface area contributed by atoms with E-state index in [1.165, 1.54) is 4.90 Å². The van der Waals surface area contributed by atoms with Crippen LogP contribution in [0.2, 0.25) is 0 Å². The summed E-state index contributed by atoms with van der Waals surface area (Å²) in [7, 11) is 0. The van der Waals surface area contributed by atoms with Crippen LogP contribution >= 0.6 is 0 Å². The van der Waals surface area contributed by atoms with E-state index in [9.17, 15) is 14.4 Å². The number of benzene rings is 1. The van der Waals surface area contributed by atoms with Crippen LogP contribution in [0.25, 0.3) is 0 Å². The zero-order valence-corrected chi connectivity index (χ0v) is 14.7. The van der Waals surface area contributed by atoms with Gasteiger partial charge in [-0.25, -0.2) is 9.59 Å². The molecule has 1 saturated carbocycles. The van der Waals surface area contributed by atoms with Crippen molar-refractivity contribution in [1.29, 1.82) is 0 Å². The average molecular weight is 345 g/mol. The molecule has 1 heterocycles. The van der Waals surface area contributed by atoms with Crippen LogP contribution in [0.5, 0.6) is 0 Å². The molecular formula is C18H23N3O4. The number of nitrogens with zero attached hydrogens (tertiary/aromatic N) is 1. The summed E-state index contributed by atoms with van der Waals surface area (Å²) in [6.45, 7) is 5.61. The van der Waals surface area contributed by atoms with Gasteiger partial charge in [-0.15, -0.1) is 0 Å². The number of amides is 4. The highest BCUT2D eigenvalue weighted by Crippen LogP contribution is 2.38. The summed E-state index contributed by atoms with van der Waals surface area (Å²) in [4.78, 5) is 37.9. The van der Waals surface area contributed by atoms with Gasteiger partial charge in [-0.1, -0.05) is 30.3 Å². The van der Waals surface area contributed by atoms with Crippen molar-refractivity contribution >= 4 is 18.0 Å². The second kappa shape index (κ2) is 6.06. The number of rotatable bonds is 3. The van der Waals surface area contributed by atoms with Crippen LogP contribution in [0.15, 0.2) is 30.3 Å². The largest absolute Gasteiger partial charge is 0.444 e. The van der Waals surface area contributed by atoms with Gasteiger partial charge in [0, 0.05) is 18.9 Å². The fraction of sp³-hybridized carbons (Fsp3) is 0.500. The van der Waals surface area contributed by atoms with E-state index in [0.717, 1.165) is 5.56 Å². The second-order valence-electron chi connectivity index (χ2n) is 7.64. The van der Waals surface area contributed by atoms with Gasteiger partial charge in [0.1, 0.15) is 11.1 Å². The van der Waals surface area contributed by atoms with E-state index in [2.05, 4.69) is 10.6 Å². The Kier molecular flexibility index (Phi) is 4.18. The molecule has 134 valence electrons. The van der Waals surface area contributed by atoms with Crippen LogP contribution < -0.4 is 10.6 Å². The van der Waals surface area contributed by atoms with E-state index in [4.69, 9.17) is 4.74 Å². The fourth-order valence-corrected chi connectivity index (χ4v) is 3.22. The normalized spacial score (nSPS) is 25.6. The lowest BCUT2D eigenvalue weighted by Crippen LogP contribution is -2.64. The Balaban J connectivity index is 1.57. The first kappa shape index (κ1) is 17.3. The molecular weight excluding hydrogens is 322 g/mol. The quantitative estimate of drug-likeness (QED) is 0.822. The summed E-state index contributed by atoms with van der Waals surface area (Å²) in [5, 5.41) is 5.52. The number of hydrogen-bond donors (Lipinski definition) is 2. The van der Waals surface area contributed by atoms with Gasteiger partial charge >= 0.3 is 12.1 Å². The van der Waals surface area contributed by atoms with Gasteiger partial charge < -0.3 is 15.4 Å². The molecule has 0 aromatic heterocycles. The molecule has 1 aromatic rings. The highest BCUT2D eigenvalue weighted by atomic mass is 16.6. The first-order valence-electron chi connectivity index (χ1n) is 8.36. The van der Waals surface area contributed by atoms with E-state index in [0.29, 0.717) is 12.8 Å². The zero-order chi connectivity index (χ0) is 18.2. The first-order valence-corrected chi connectivity index (χ1v) is 8.36. The molecule has 25 heavy (non-hydrogen) atoms. The van der Waals surface area contributed by atoms with E-state index >= 15 is 0 Å². The van der Waals surface area contributed by atoms with Crippen LogP contribution in [0.4, 0.5) is 9.59 Å². The minimum atomic E-state index is -0.897. The van der Waals surface area contributed by atoms with Gasteiger partial charge in [0.25, 0.3) is 5.91 Å². The van der Waals surface area contributed by atoms with E-state index in [-0.39, 0.29) is 24.5 Å². The van der Waals surface area contributed by atoms with Crippen LogP contribution in [-0.4, -0.2) is 40.1 Å². The van der Waals surface area contributed by atoms with Crippen molar-refractivity contribution in [3.63, 3.8) is 0 Å². The highest BCUT2D eigenvalue weighted by molar-refractivity contribution is 6.07. The molecule has 1 aliphatic carbocycles. The third kappa shape index (κ3) is 3.60. The molecule has 1 spiro atoms. The third-order valence-electron chi connectivity index (χ3n) is 4.34. The zero-order valence-electron chi connectivity index (χ0n) is 14.7. The molecule has 0 radical (unpaired) electrons. The Morgan fingerprint density at radius 2 is 1.92 bits per heavy atom. The minimum absolute atomic E-state index is 0.184. The molecule has 2 aliphatic rings. The van der Waals surface area contributed by atoms with Gasteiger partial charge in [-0.05, 0) is 26.3 Å². The summed E-state index contributed by atoms with van der Waals surface area (Å²) in [6, 6.07) is 8.80. The topological polar surface area (TPSA) is 87.7 Å². The van der Waals surface area contributed by atoms with E-state index < -0.39 is 17.2 Å². The van der Waals surface area contributed by atoms with Crippen molar-refractivity contribution in [3.05, 3.63) is 35.9 Å². The van der Waals surface area contributed by atoms with Crippen molar-refractivity contribution in [1.82, 2.24) is 15.5 Å². The van der Waals surface area contributed by atoms with Gasteiger partial charge in [0.15, 0.2) is 0 Å². The molecule has 2 fully saturated rings. The summed E-state index contributed by atoms with van der Waals surface area (Å²) in [6.07, 6.45) is 0.245. The number of hydrogen-bond acceptors (Lipinski definition) is 4. The van der Waals surface area contributed by atoms with Crippen LogP contribution in [-0.2, 0) is 16.1 Å². The Labute approximate surface area is 146 Å². The van der Waals surface area contributed by atoms with Gasteiger partial charge in [-0.3, -0.25) is 9.69 Å². The summed E-state index contributed by atoms with van der Waals surface area (Å²) >= 11 is 0. The van der Waals surface area contributed by atoms with E-state index in [1.807, 2.05) is 30.3 Å². The Morgan fingerprint density at radius 3 is 2.52 bits per heavy atom. The van der Waals surface area contributed by atoms with Crippen LogP contribution in [0.3, 0.4) is 0 Å². The SMILES string of the molecule is CC(C)(C)OC(=O)NC1CC2(C1)NC(=O)N(Cc1ccccc1)C2=O. The van der Waals surface area contributed by atoms with Crippen molar-refractivity contribution in [2.24, 2.45) is 0 Å². The fourth-order valence-electron chi connectivity index (χ4n) is 3.22. The molecule has 4 amide bonds. The summed E-state index contributed by atoms with van der Waals surface area (Å²) < 4.78 is 5.21. The number of carbonyl (C=O) groups is 3. The molecule has 1 aromatic carbocycles. The van der Waals surface area contributed by atoms with Crippen molar-refractivity contribution in [3.8, 4) is 0 Å². The molecule has 7 heteroatoms. The Hall–Kier alpha value is -2.57. The molecule has 1 aliphatic heterocycles. The van der Waals surface area contributed by atoms with E-state index in [1.54, 1.807) is 20.8 Å². The number of imide groups is 1. The third-order valence-corrected chi connectivity index (χ3v) is 4.34. The number of ether oxygens (including phenoxy) is 1. The molecule has 0 bridgehead atoms. The molecule has 7 nitrogen and oxygen atoms in total.